The fraction of sp³-hybridized carbons (Fsp3) is 0.167. The second kappa shape index (κ2) is 8.64. The molecule has 26 heavy (non-hydrogen) atoms. The van der Waals surface area contributed by atoms with Gasteiger partial charge < -0.3 is 15.2 Å². The number of aryl methyl sites for hydroxylation is 2. The smallest absolute Gasteiger partial charge is 0.335 e. The highest BCUT2D eigenvalue weighted by atomic mass is 35.5. The molecule has 0 bridgehead atoms. The van der Waals surface area contributed by atoms with Crippen molar-refractivity contribution in [2.75, 3.05) is 11.9 Å². The summed E-state index contributed by atoms with van der Waals surface area (Å²) in [6, 6.07) is 9.69. The summed E-state index contributed by atoms with van der Waals surface area (Å²) < 4.78 is 5.44. The molecule has 0 aromatic heterocycles. The van der Waals surface area contributed by atoms with Crippen molar-refractivity contribution < 1.29 is 19.4 Å². The average molecular weight is 393 g/mol. The Kier molecular flexibility index (Phi) is 6.54. The van der Waals surface area contributed by atoms with Gasteiger partial charge in [-0.1, -0.05) is 17.7 Å². The van der Waals surface area contributed by atoms with Crippen LogP contribution in [-0.2, 0) is 4.79 Å². The molecular weight excluding hydrogens is 376 g/mol. The van der Waals surface area contributed by atoms with Crippen LogP contribution in [0.15, 0.2) is 36.4 Å². The van der Waals surface area contributed by atoms with Gasteiger partial charge in [-0.2, -0.15) is 0 Å². The maximum atomic E-state index is 12.0. The molecule has 0 radical (unpaired) electrons. The molecule has 0 aliphatic heterocycles. The largest absolute Gasteiger partial charge is 0.483 e. The van der Waals surface area contributed by atoms with Crippen molar-refractivity contribution in [2.24, 2.45) is 0 Å². The third-order valence-corrected chi connectivity index (χ3v) is 3.92. The summed E-state index contributed by atoms with van der Waals surface area (Å²) in [4.78, 5) is 23.0. The minimum atomic E-state index is -1.05. The number of aromatic carboxylic acids is 1. The van der Waals surface area contributed by atoms with E-state index in [0.29, 0.717) is 16.5 Å². The molecule has 8 heteroatoms. The highest BCUT2D eigenvalue weighted by molar-refractivity contribution is 7.80. The maximum Gasteiger partial charge on any atom is 0.335 e. The van der Waals surface area contributed by atoms with Crippen LogP contribution >= 0.6 is 23.8 Å². The number of carbonyl (C=O) groups is 2. The van der Waals surface area contributed by atoms with Gasteiger partial charge >= 0.3 is 5.97 Å². The summed E-state index contributed by atoms with van der Waals surface area (Å²) in [6.45, 7) is 3.40. The highest BCUT2D eigenvalue weighted by Crippen LogP contribution is 2.21. The molecule has 0 atom stereocenters. The SMILES string of the molecule is Cc1ccc(C(=O)O)cc1NC(=S)NC(=O)COc1ccc(Cl)cc1C. The minimum absolute atomic E-state index is 0.0528. The summed E-state index contributed by atoms with van der Waals surface area (Å²) in [6.07, 6.45) is 0. The Labute approximate surface area is 161 Å². The van der Waals surface area contributed by atoms with Gasteiger partial charge in [-0.3, -0.25) is 10.1 Å². The maximum absolute atomic E-state index is 12.0. The Morgan fingerprint density at radius 2 is 1.88 bits per heavy atom. The molecule has 6 nitrogen and oxygen atoms in total. The first-order valence-electron chi connectivity index (χ1n) is 7.60. The van der Waals surface area contributed by atoms with Crippen LogP contribution in [0.2, 0.25) is 5.02 Å². The number of carboxylic acids is 1. The highest BCUT2D eigenvalue weighted by Gasteiger charge is 2.10. The second-order valence-corrected chi connectivity index (χ2v) is 6.38. The van der Waals surface area contributed by atoms with Crippen LogP contribution in [0.5, 0.6) is 5.75 Å². The van der Waals surface area contributed by atoms with Crippen molar-refractivity contribution >= 4 is 46.5 Å². The van der Waals surface area contributed by atoms with E-state index in [0.717, 1.165) is 11.1 Å². The van der Waals surface area contributed by atoms with Gasteiger partial charge in [0.25, 0.3) is 5.91 Å². The number of benzene rings is 2. The normalized spacial score (nSPS) is 10.1. The third kappa shape index (κ3) is 5.44. The molecule has 1 amide bonds. The van der Waals surface area contributed by atoms with E-state index >= 15 is 0 Å². The van der Waals surface area contributed by atoms with Crippen molar-refractivity contribution in [2.45, 2.75) is 13.8 Å². The van der Waals surface area contributed by atoms with E-state index in [-0.39, 0.29) is 17.3 Å². The van der Waals surface area contributed by atoms with E-state index in [4.69, 9.17) is 33.7 Å². The molecule has 0 unspecified atom stereocenters. The van der Waals surface area contributed by atoms with Crippen LogP contribution < -0.4 is 15.4 Å². The van der Waals surface area contributed by atoms with Crippen molar-refractivity contribution in [3.63, 3.8) is 0 Å². The molecule has 0 aliphatic carbocycles. The molecule has 0 fully saturated rings. The van der Waals surface area contributed by atoms with Crippen LogP contribution in [0, 0.1) is 13.8 Å². The minimum Gasteiger partial charge on any atom is -0.483 e. The zero-order chi connectivity index (χ0) is 19.3. The molecule has 0 saturated carbocycles. The van der Waals surface area contributed by atoms with Crippen LogP contribution in [0.3, 0.4) is 0 Å². The summed E-state index contributed by atoms with van der Waals surface area (Å²) in [7, 11) is 0. The summed E-state index contributed by atoms with van der Waals surface area (Å²) in [5, 5.41) is 15.0. The zero-order valence-electron chi connectivity index (χ0n) is 14.1. The molecule has 3 N–H and O–H groups in total. The van der Waals surface area contributed by atoms with E-state index in [1.54, 1.807) is 31.2 Å². The van der Waals surface area contributed by atoms with Gasteiger partial charge in [-0.05, 0) is 67.5 Å². The van der Waals surface area contributed by atoms with Gasteiger partial charge in [0.15, 0.2) is 11.7 Å². The molecule has 0 saturated heterocycles. The fourth-order valence-electron chi connectivity index (χ4n) is 2.12. The van der Waals surface area contributed by atoms with Crippen LogP contribution in [0.4, 0.5) is 5.69 Å². The van der Waals surface area contributed by atoms with Gasteiger partial charge in [0.1, 0.15) is 5.75 Å². The number of hydrogen-bond donors (Lipinski definition) is 3. The first-order valence-corrected chi connectivity index (χ1v) is 8.38. The molecule has 0 aliphatic rings. The lowest BCUT2D eigenvalue weighted by atomic mass is 10.1. The van der Waals surface area contributed by atoms with Gasteiger partial charge in [0.2, 0.25) is 0 Å². The van der Waals surface area contributed by atoms with Crippen molar-refractivity contribution in [1.29, 1.82) is 0 Å². The number of halogens is 1. The van der Waals surface area contributed by atoms with E-state index in [1.807, 2.05) is 6.92 Å². The lowest BCUT2D eigenvalue weighted by molar-refractivity contribution is -0.121. The monoisotopic (exact) mass is 392 g/mol. The topological polar surface area (TPSA) is 87.7 Å². The van der Waals surface area contributed by atoms with Gasteiger partial charge in [0, 0.05) is 10.7 Å². The van der Waals surface area contributed by atoms with Crippen molar-refractivity contribution in [1.82, 2.24) is 5.32 Å². The quantitative estimate of drug-likeness (QED) is 0.674. The summed E-state index contributed by atoms with van der Waals surface area (Å²) in [5.74, 6) is -0.938. The molecule has 0 spiro atoms. The van der Waals surface area contributed by atoms with Crippen LogP contribution in [0.25, 0.3) is 0 Å². The molecule has 2 rings (SSSR count). The standard InChI is InChI=1S/C18H17ClN2O4S/c1-10-3-4-12(17(23)24)8-14(10)20-18(26)21-16(22)9-25-15-6-5-13(19)7-11(15)2/h3-8H,9H2,1-2H3,(H,23,24)(H2,20,21,22,26). The number of carboxylic acid groups (broad SMARTS) is 1. The van der Waals surface area contributed by atoms with Crippen molar-refractivity contribution in [3.05, 3.63) is 58.1 Å². The van der Waals surface area contributed by atoms with Gasteiger partial charge in [0.05, 0.1) is 5.56 Å². The van der Waals surface area contributed by atoms with E-state index < -0.39 is 11.9 Å². The Morgan fingerprint density at radius 1 is 1.15 bits per heavy atom. The number of nitrogens with one attached hydrogen (secondary N) is 2. The second-order valence-electron chi connectivity index (χ2n) is 5.54. The van der Waals surface area contributed by atoms with E-state index in [9.17, 15) is 9.59 Å². The summed E-state index contributed by atoms with van der Waals surface area (Å²) >= 11 is 11.0. The lowest BCUT2D eigenvalue weighted by Gasteiger charge is -2.13. The van der Waals surface area contributed by atoms with Crippen LogP contribution in [0.1, 0.15) is 21.5 Å². The zero-order valence-corrected chi connectivity index (χ0v) is 15.7. The predicted molar refractivity (Wildman–Crippen MR) is 104 cm³/mol. The number of amides is 1. The summed E-state index contributed by atoms with van der Waals surface area (Å²) in [5.41, 5.74) is 2.23. The number of hydrogen-bond acceptors (Lipinski definition) is 4. The first kappa shape index (κ1) is 19.7. The lowest BCUT2D eigenvalue weighted by Crippen LogP contribution is -2.37. The molecule has 136 valence electrons. The van der Waals surface area contributed by atoms with Gasteiger partial charge in [-0.25, -0.2) is 4.79 Å². The Balaban J connectivity index is 1.92. The predicted octanol–water partition coefficient (Wildman–Crippen LogP) is 3.55. The first-order chi connectivity index (χ1) is 12.3. The van der Waals surface area contributed by atoms with E-state index in [1.165, 1.54) is 12.1 Å². The Bertz CT molecular complexity index is 870. The third-order valence-electron chi connectivity index (χ3n) is 3.48. The Morgan fingerprint density at radius 3 is 2.54 bits per heavy atom. The number of anilines is 1. The number of ether oxygens (including phenoxy) is 1. The number of thiocarbonyl (C=S) groups is 1. The van der Waals surface area contributed by atoms with E-state index in [2.05, 4.69) is 10.6 Å². The van der Waals surface area contributed by atoms with Crippen LogP contribution in [-0.4, -0.2) is 28.7 Å². The number of carbonyl (C=O) groups excluding carboxylic acids is 1. The fourth-order valence-corrected chi connectivity index (χ4v) is 2.57. The number of rotatable bonds is 5. The Hall–Kier alpha value is -2.64. The molecule has 2 aromatic rings. The average Bonchev–Trinajstić information content (AvgIpc) is 2.55. The molecular formula is C18H17ClN2O4S. The molecule has 0 heterocycles. The van der Waals surface area contributed by atoms with Crippen molar-refractivity contribution in [3.8, 4) is 5.75 Å². The molecule has 2 aromatic carbocycles. The van der Waals surface area contributed by atoms with Gasteiger partial charge in [-0.15, -0.1) is 0 Å².